The lowest BCUT2D eigenvalue weighted by molar-refractivity contribution is 0.244. The molecule has 2 atom stereocenters. The molecule has 0 aliphatic carbocycles. The van der Waals surface area contributed by atoms with Crippen LogP contribution in [0.3, 0.4) is 0 Å². The van der Waals surface area contributed by atoms with Gasteiger partial charge in [-0.15, -0.1) is 0 Å². The first kappa shape index (κ1) is 15.3. The summed E-state index contributed by atoms with van der Waals surface area (Å²) in [4.78, 5) is 2.30. The molecule has 3 N–H and O–H groups in total. The Morgan fingerprint density at radius 3 is 2.90 bits per heavy atom. The van der Waals surface area contributed by atoms with Crippen LogP contribution in [0.5, 0.6) is 0 Å². The van der Waals surface area contributed by atoms with Gasteiger partial charge < -0.3 is 15.7 Å². The second kappa shape index (κ2) is 6.55. The number of aliphatic hydroxyl groups excluding tert-OH is 1. The van der Waals surface area contributed by atoms with Crippen molar-refractivity contribution in [3.05, 3.63) is 29.1 Å². The van der Waals surface area contributed by atoms with Crippen molar-refractivity contribution in [3.63, 3.8) is 0 Å². The predicted octanol–water partition coefficient (Wildman–Crippen LogP) is 2.75. The molecule has 0 amide bonds. The van der Waals surface area contributed by atoms with E-state index >= 15 is 0 Å². The number of hydrogen-bond donors (Lipinski definition) is 2. The van der Waals surface area contributed by atoms with Gasteiger partial charge in [-0.05, 0) is 62.3 Å². The van der Waals surface area contributed by atoms with Crippen molar-refractivity contribution in [2.45, 2.75) is 39.2 Å². The number of hydrogen-bond acceptors (Lipinski definition) is 3. The van der Waals surface area contributed by atoms with E-state index in [0.717, 1.165) is 43.6 Å². The molecule has 0 saturated carbocycles. The van der Waals surface area contributed by atoms with E-state index in [1.54, 1.807) is 13.0 Å². The number of aliphatic hydroxyl groups is 1. The van der Waals surface area contributed by atoms with Gasteiger partial charge in [0.15, 0.2) is 0 Å². The summed E-state index contributed by atoms with van der Waals surface area (Å²) in [5.41, 5.74) is 8.59. The van der Waals surface area contributed by atoms with Gasteiger partial charge >= 0.3 is 0 Å². The van der Waals surface area contributed by atoms with E-state index in [0.29, 0.717) is 11.5 Å². The molecule has 4 heteroatoms. The van der Waals surface area contributed by atoms with Gasteiger partial charge in [0, 0.05) is 31.4 Å². The number of anilines is 1. The third-order valence-electron chi connectivity index (χ3n) is 4.20. The number of nitrogens with zero attached hydrogens (tertiary/aromatic N) is 1. The fraction of sp³-hybridized carbons (Fsp3) is 0.625. The van der Waals surface area contributed by atoms with Gasteiger partial charge in [-0.25, -0.2) is 4.39 Å². The van der Waals surface area contributed by atoms with Crippen LogP contribution in [0.2, 0.25) is 0 Å². The van der Waals surface area contributed by atoms with Crippen molar-refractivity contribution in [1.29, 1.82) is 0 Å². The molecule has 20 heavy (non-hydrogen) atoms. The average molecular weight is 280 g/mol. The maximum atomic E-state index is 13.8. The Morgan fingerprint density at radius 1 is 1.50 bits per heavy atom. The minimum Gasteiger partial charge on any atom is -0.396 e. The molecule has 2 rings (SSSR count). The smallest absolute Gasteiger partial charge is 0.126 e. The Balaban J connectivity index is 2.28. The zero-order chi connectivity index (χ0) is 14.7. The Morgan fingerprint density at radius 2 is 2.25 bits per heavy atom. The second-order valence-corrected chi connectivity index (χ2v) is 5.92. The fourth-order valence-electron chi connectivity index (χ4n) is 3.02. The SMILES string of the molecule is Cc1cc(N2CCCC(CCO)C2)c([C@H](C)N)cc1F. The minimum absolute atomic E-state index is 0.182. The van der Waals surface area contributed by atoms with Crippen LogP contribution in [0.25, 0.3) is 0 Å². The van der Waals surface area contributed by atoms with Crippen LogP contribution in [0.1, 0.15) is 43.4 Å². The van der Waals surface area contributed by atoms with Gasteiger partial charge in [-0.3, -0.25) is 0 Å². The first-order valence-electron chi connectivity index (χ1n) is 7.44. The lowest BCUT2D eigenvalue weighted by Gasteiger charge is -2.36. The minimum atomic E-state index is -0.190. The third-order valence-corrected chi connectivity index (χ3v) is 4.20. The summed E-state index contributed by atoms with van der Waals surface area (Å²) in [7, 11) is 0. The summed E-state index contributed by atoms with van der Waals surface area (Å²) >= 11 is 0. The predicted molar refractivity (Wildman–Crippen MR) is 80.4 cm³/mol. The molecule has 1 fully saturated rings. The molecule has 1 unspecified atom stereocenters. The van der Waals surface area contributed by atoms with Crippen molar-refractivity contribution < 1.29 is 9.50 Å². The highest BCUT2D eigenvalue weighted by Crippen LogP contribution is 2.32. The first-order valence-corrected chi connectivity index (χ1v) is 7.44. The van der Waals surface area contributed by atoms with Gasteiger partial charge in [0.2, 0.25) is 0 Å². The third kappa shape index (κ3) is 3.30. The summed E-state index contributed by atoms with van der Waals surface area (Å²) in [6, 6.07) is 3.30. The van der Waals surface area contributed by atoms with Crippen LogP contribution in [-0.4, -0.2) is 24.8 Å². The lowest BCUT2D eigenvalue weighted by atomic mass is 9.93. The first-order chi connectivity index (χ1) is 9.52. The highest BCUT2D eigenvalue weighted by molar-refractivity contribution is 5.57. The van der Waals surface area contributed by atoms with E-state index in [1.165, 1.54) is 0 Å². The molecule has 1 saturated heterocycles. The molecule has 0 radical (unpaired) electrons. The van der Waals surface area contributed by atoms with Crippen LogP contribution in [0.4, 0.5) is 10.1 Å². The Bertz CT molecular complexity index is 460. The van der Waals surface area contributed by atoms with Gasteiger partial charge in [-0.2, -0.15) is 0 Å². The van der Waals surface area contributed by atoms with E-state index < -0.39 is 0 Å². The molecule has 0 aromatic heterocycles. The van der Waals surface area contributed by atoms with Crippen LogP contribution in [-0.2, 0) is 0 Å². The maximum Gasteiger partial charge on any atom is 0.126 e. The van der Waals surface area contributed by atoms with Crippen molar-refractivity contribution >= 4 is 5.69 Å². The summed E-state index contributed by atoms with van der Waals surface area (Å²) in [6.45, 7) is 5.82. The molecule has 1 aliphatic rings. The van der Waals surface area contributed by atoms with Crippen LogP contribution >= 0.6 is 0 Å². The summed E-state index contributed by atoms with van der Waals surface area (Å²) < 4.78 is 13.8. The molecule has 0 spiro atoms. The lowest BCUT2D eigenvalue weighted by Crippen LogP contribution is -2.36. The fourth-order valence-corrected chi connectivity index (χ4v) is 3.02. The molecule has 1 aliphatic heterocycles. The second-order valence-electron chi connectivity index (χ2n) is 5.92. The molecule has 1 heterocycles. The number of rotatable bonds is 4. The van der Waals surface area contributed by atoms with Crippen molar-refractivity contribution in [1.82, 2.24) is 0 Å². The Kier molecular flexibility index (Phi) is 5.00. The van der Waals surface area contributed by atoms with Crippen molar-refractivity contribution in [2.75, 3.05) is 24.6 Å². The molecular formula is C16H25FN2O. The Hall–Kier alpha value is -1.13. The maximum absolute atomic E-state index is 13.8. The molecule has 1 aromatic carbocycles. The van der Waals surface area contributed by atoms with E-state index in [9.17, 15) is 4.39 Å². The number of piperidine rings is 1. The van der Waals surface area contributed by atoms with Gasteiger partial charge in [0.25, 0.3) is 0 Å². The van der Waals surface area contributed by atoms with Gasteiger partial charge in [-0.1, -0.05) is 0 Å². The zero-order valence-corrected chi connectivity index (χ0v) is 12.4. The average Bonchev–Trinajstić information content (AvgIpc) is 2.42. The van der Waals surface area contributed by atoms with Gasteiger partial charge in [0.05, 0.1) is 0 Å². The number of halogens is 1. The summed E-state index contributed by atoms with van der Waals surface area (Å²) in [5, 5.41) is 9.11. The van der Waals surface area contributed by atoms with Crippen LogP contribution in [0, 0.1) is 18.7 Å². The Labute approximate surface area is 120 Å². The topological polar surface area (TPSA) is 49.5 Å². The standard InChI is InChI=1S/C16H25FN2O/c1-11-8-16(14(12(2)18)9-15(11)17)19-6-3-4-13(10-19)5-7-20/h8-9,12-13,20H,3-7,10,18H2,1-2H3/t12-,13?/m0/s1. The summed E-state index contributed by atoms with van der Waals surface area (Å²) in [5.74, 6) is 0.324. The number of aryl methyl sites for hydroxylation is 1. The van der Waals surface area contributed by atoms with E-state index in [4.69, 9.17) is 10.8 Å². The monoisotopic (exact) mass is 280 g/mol. The van der Waals surface area contributed by atoms with Crippen LogP contribution in [0.15, 0.2) is 12.1 Å². The largest absolute Gasteiger partial charge is 0.396 e. The zero-order valence-electron chi connectivity index (χ0n) is 12.4. The quantitative estimate of drug-likeness (QED) is 0.891. The molecule has 3 nitrogen and oxygen atoms in total. The normalized spacial score (nSPS) is 21.1. The van der Waals surface area contributed by atoms with Crippen LogP contribution < -0.4 is 10.6 Å². The molecule has 1 aromatic rings. The number of nitrogens with two attached hydrogens (primary N) is 1. The van der Waals surface area contributed by atoms with Gasteiger partial charge in [0.1, 0.15) is 5.82 Å². The van der Waals surface area contributed by atoms with Crippen molar-refractivity contribution in [2.24, 2.45) is 11.7 Å². The number of benzene rings is 1. The van der Waals surface area contributed by atoms with E-state index in [1.807, 2.05) is 13.0 Å². The molecule has 0 bridgehead atoms. The summed E-state index contributed by atoms with van der Waals surface area (Å²) in [6.07, 6.45) is 3.11. The highest BCUT2D eigenvalue weighted by atomic mass is 19.1. The van der Waals surface area contributed by atoms with E-state index in [-0.39, 0.29) is 18.5 Å². The highest BCUT2D eigenvalue weighted by Gasteiger charge is 2.23. The molecular weight excluding hydrogens is 255 g/mol. The van der Waals surface area contributed by atoms with E-state index in [2.05, 4.69) is 4.90 Å². The molecule has 112 valence electrons. The van der Waals surface area contributed by atoms with Crippen molar-refractivity contribution in [3.8, 4) is 0 Å².